The molecule has 0 radical (unpaired) electrons. The van der Waals surface area contributed by atoms with Gasteiger partial charge in [-0.05, 0) is 48.5 Å². The summed E-state index contributed by atoms with van der Waals surface area (Å²) in [6.07, 6.45) is 0. The van der Waals surface area contributed by atoms with Crippen molar-refractivity contribution < 1.29 is 8.95 Å². The summed E-state index contributed by atoms with van der Waals surface area (Å²) in [7, 11) is -0.934. The molecule has 0 heterocycles. The average Bonchev–Trinajstić information content (AvgIpc) is 2.52. The van der Waals surface area contributed by atoms with Crippen LogP contribution < -0.4 is 4.74 Å². The smallest absolute Gasteiger partial charge is 0.129 e. The Morgan fingerprint density at radius 1 is 0.909 bits per heavy atom. The van der Waals surface area contributed by atoms with Crippen LogP contribution in [0.5, 0.6) is 5.75 Å². The third-order valence-corrected chi connectivity index (χ3v) is 5.20. The molecule has 2 nitrogen and oxygen atoms in total. The second-order valence-corrected chi connectivity index (χ2v) is 12.2. The van der Waals surface area contributed by atoms with Gasteiger partial charge in [0.25, 0.3) is 0 Å². The van der Waals surface area contributed by atoms with E-state index in [0.29, 0.717) is 0 Å². The van der Waals surface area contributed by atoms with E-state index in [4.69, 9.17) is 4.74 Å². The first-order valence-electron chi connectivity index (χ1n) is 7.08. The predicted molar refractivity (Wildman–Crippen MR) is 94.3 cm³/mol. The van der Waals surface area contributed by atoms with Crippen molar-refractivity contribution in [1.29, 1.82) is 0 Å². The zero-order valence-electron chi connectivity index (χ0n) is 13.3. The summed E-state index contributed by atoms with van der Waals surface area (Å²) >= 11 is 0. The normalized spacial score (nSPS) is 12.2. The second-order valence-electron chi connectivity index (χ2n) is 5.97. The quantitative estimate of drug-likeness (QED) is 0.626. The Labute approximate surface area is 136 Å². The lowest BCUT2D eigenvalue weighted by Crippen LogP contribution is -2.16. The van der Waals surface area contributed by atoms with Crippen LogP contribution in [0.4, 0.5) is 0 Å². The van der Waals surface area contributed by atoms with Crippen molar-refractivity contribution in [2.75, 3.05) is 7.11 Å². The predicted octanol–water partition coefficient (Wildman–Crippen LogP) is 4.09. The molecule has 2 aromatic rings. The molecule has 2 aromatic carbocycles. The summed E-state index contributed by atoms with van der Waals surface area (Å²) in [4.78, 5) is 1.55. The maximum absolute atomic E-state index is 12.5. The molecule has 0 aliphatic heterocycles. The van der Waals surface area contributed by atoms with Crippen LogP contribution >= 0.6 is 0 Å². The van der Waals surface area contributed by atoms with E-state index in [1.807, 2.05) is 48.5 Å². The Morgan fingerprint density at radius 3 is 1.86 bits per heavy atom. The van der Waals surface area contributed by atoms with Crippen LogP contribution in [0.3, 0.4) is 0 Å². The molecule has 0 aliphatic rings. The van der Waals surface area contributed by atoms with Crippen molar-refractivity contribution in [2.24, 2.45) is 0 Å². The van der Waals surface area contributed by atoms with Gasteiger partial charge in [0.2, 0.25) is 0 Å². The van der Waals surface area contributed by atoms with Gasteiger partial charge in [-0.1, -0.05) is 25.6 Å². The average molecular weight is 329 g/mol. The molecule has 114 valence electrons. The number of ether oxygens (including phenoxy) is 1. The van der Waals surface area contributed by atoms with Gasteiger partial charge < -0.3 is 4.74 Å². The maximum atomic E-state index is 12.5. The Balaban J connectivity index is 2.18. The molecular weight excluding hydrogens is 308 g/mol. The molecule has 0 aromatic heterocycles. The van der Waals surface area contributed by atoms with E-state index >= 15 is 0 Å². The Kier molecular flexibility index (Phi) is 5.22. The van der Waals surface area contributed by atoms with Crippen LogP contribution in [0.1, 0.15) is 5.56 Å². The minimum atomic E-state index is -1.37. The molecule has 2 rings (SSSR count). The molecule has 0 N–H and O–H groups in total. The van der Waals surface area contributed by atoms with Gasteiger partial charge in [0.1, 0.15) is 13.8 Å². The summed E-state index contributed by atoms with van der Waals surface area (Å²) in [6, 6.07) is 14.9. The van der Waals surface area contributed by atoms with Gasteiger partial charge >= 0.3 is 0 Å². The van der Waals surface area contributed by atoms with Gasteiger partial charge in [0, 0.05) is 15.4 Å². The Morgan fingerprint density at radius 2 is 1.41 bits per heavy atom. The Bertz CT molecular complexity index is 717. The van der Waals surface area contributed by atoms with E-state index in [1.54, 1.807) is 7.11 Å². The lowest BCUT2D eigenvalue weighted by atomic mass is 10.2. The van der Waals surface area contributed by atoms with Gasteiger partial charge in [-0.3, -0.25) is 0 Å². The van der Waals surface area contributed by atoms with Gasteiger partial charge in [-0.2, -0.15) is 0 Å². The van der Waals surface area contributed by atoms with Gasteiger partial charge in [-0.15, -0.1) is 5.54 Å². The second kappa shape index (κ2) is 6.95. The first-order chi connectivity index (χ1) is 10.4. The highest BCUT2D eigenvalue weighted by Gasteiger charge is 2.09. The molecule has 0 spiro atoms. The van der Waals surface area contributed by atoms with Crippen molar-refractivity contribution in [3.05, 3.63) is 54.1 Å². The van der Waals surface area contributed by atoms with E-state index in [9.17, 15) is 4.21 Å². The van der Waals surface area contributed by atoms with Crippen molar-refractivity contribution in [3.8, 4) is 17.2 Å². The molecule has 1 unspecified atom stereocenters. The van der Waals surface area contributed by atoms with E-state index in [2.05, 4.69) is 31.1 Å². The maximum Gasteiger partial charge on any atom is 0.129 e. The zero-order valence-corrected chi connectivity index (χ0v) is 15.2. The van der Waals surface area contributed by atoms with Crippen LogP contribution in [0, 0.1) is 11.5 Å². The molecule has 0 saturated carbocycles. The molecule has 0 saturated heterocycles. The molecule has 4 heteroatoms. The van der Waals surface area contributed by atoms with Gasteiger partial charge in [0.15, 0.2) is 0 Å². The summed E-state index contributed by atoms with van der Waals surface area (Å²) in [5.74, 6) is 3.96. The van der Waals surface area contributed by atoms with E-state index in [0.717, 1.165) is 21.1 Å². The minimum absolute atomic E-state index is 0.762. The SMILES string of the molecule is COc1ccc(S(=O)c2ccc(C#C[Si](C)(C)C)cc2)cc1. The summed E-state index contributed by atoms with van der Waals surface area (Å²) in [5.41, 5.74) is 4.30. The topological polar surface area (TPSA) is 26.3 Å². The number of rotatable bonds is 3. The lowest BCUT2D eigenvalue weighted by molar-refractivity contribution is 0.414. The minimum Gasteiger partial charge on any atom is -0.497 e. The highest BCUT2D eigenvalue weighted by atomic mass is 32.2. The highest BCUT2D eigenvalue weighted by Crippen LogP contribution is 2.19. The molecule has 22 heavy (non-hydrogen) atoms. The van der Waals surface area contributed by atoms with Crippen LogP contribution in [0.15, 0.2) is 58.3 Å². The van der Waals surface area contributed by atoms with Crippen LogP contribution in [0.25, 0.3) is 0 Å². The molecular formula is C18H20O2SSi. The van der Waals surface area contributed by atoms with Crippen molar-refractivity contribution in [3.63, 3.8) is 0 Å². The van der Waals surface area contributed by atoms with Crippen molar-refractivity contribution in [2.45, 2.75) is 29.4 Å². The largest absolute Gasteiger partial charge is 0.497 e. The number of benzene rings is 2. The number of hydrogen-bond acceptors (Lipinski definition) is 2. The van der Waals surface area contributed by atoms with Gasteiger partial charge in [-0.25, -0.2) is 4.21 Å². The molecule has 0 bridgehead atoms. The fourth-order valence-corrected chi connectivity index (χ4v) is 3.31. The van der Waals surface area contributed by atoms with Crippen LogP contribution in [-0.4, -0.2) is 19.4 Å². The third kappa shape index (κ3) is 4.59. The van der Waals surface area contributed by atoms with Crippen LogP contribution in [-0.2, 0) is 10.8 Å². The van der Waals surface area contributed by atoms with Crippen molar-refractivity contribution >= 4 is 18.9 Å². The fourth-order valence-electron chi connectivity index (χ4n) is 1.76. The van der Waals surface area contributed by atoms with E-state index in [1.165, 1.54) is 0 Å². The Hall–Kier alpha value is -1.83. The zero-order chi connectivity index (χ0) is 16.2. The molecule has 0 fully saturated rings. The fraction of sp³-hybridized carbons (Fsp3) is 0.222. The number of methoxy groups -OCH3 is 1. The highest BCUT2D eigenvalue weighted by molar-refractivity contribution is 7.85. The monoisotopic (exact) mass is 328 g/mol. The molecule has 1 atom stereocenters. The molecule has 0 aliphatic carbocycles. The van der Waals surface area contributed by atoms with E-state index in [-0.39, 0.29) is 0 Å². The summed E-state index contributed by atoms with van der Waals surface area (Å²) in [5, 5.41) is 0. The third-order valence-electron chi connectivity index (χ3n) is 2.92. The summed E-state index contributed by atoms with van der Waals surface area (Å²) in [6.45, 7) is 6.65. The lowest BCUT2D eigenvalue weighted by Gasteiger charge is -2.05. The van der Waals surface area contributed by atoms with Gasteiger partial charge in [0.05, 0.1) is 17.9 Å². The first-order valence-corrected chi connectivity index (χ1v) is 11.7. The van der Waals surface area contributed by atoms with Crippen molar-refractivity contribution in [1.82, 2.24) is 0 Å². The standard InChI is InChI=1S/C18H20O2SSi/c1-20-16-7-11-18(12-8-16)21(19)17-9-5-15(6-10-17)13-14-22(2,3)4/h5-12H,1-4H3. The van der Waals surface area contributed by atoms with Crippen LogP contribution in [0.2, 0.25) is 19.6 Å². The number of hydrogen-bond donors (Lipinski definition) is 0. The summed E-state index contributed by atoms with van der Waals surface area (Å²) < 4.78 is 17.6. The van der Waals surface area contributed by atoms with E-state index < -0.39 is 18.9 Å². The first kappa shape index (κ1) is 16.5. The molecule has 0 amide bonds.